The fourth-order valence-electron chi connectivity index (χ4n) is 1.43. The lowest BCUT2D eigenvalue weighted by Crippen LogP contribution is -2.30. The zero-order chi connectivity index (χ0) is 13.3. The van der Waals surface area contributed by atoms with Gasteiger partial charge in [-0.25, -0.2) is 0 Å². The highest BCUT2D eigenvalue weighted by molar-refractivity contribution is 6.35. The Balaban J connectivity index is 2.47. The molecule has 7 heteroatoms. The second-order valence-corrected chi connectivity index (χ2v) is 3.85. The van der Waals surface area contributed by atoms with Gasteiger partial charge in [-0.3, -0.25) is 9.78 Å². The maximum Gasteiger partial charge on any atom is 0.471 e. The summed E-state index contributed by atoms with van der Waals surface area (Å²) in [4.78, 5) is 14.8. The van der Waals surface area contributed by atoms with E-state index in [0.717, 1.165) is 0 Å². The van der Waals surface area contributed by atoms with Crippen molar-refractivity contribution in [2.24, 2.45) is 0 Å². The molecule has 0 fully saturated rings. The molecule has 0 spiro atoms. The first-order valence-corrected chi connectivity index (χ1v) is 5.19. The third-order valence-electron chi connectivity index (χ3n) is 2.22. The number of pyridine rings is 1. The smallest absolute Gasteiger partial charge is 0.316 e. The molecule has 1 N–H and O–H groups in total. The summed E-state index contributed by atoms with van der Waals surface area (Å²) in [5, 5.41) is 2.59. The highest BCUT2D eigenvalue weighted by Crippen LogP contribution is 2.29. The molecule has 3 nitrogen and oxygen atoms in total. The summed E-state index contributed by atoms with van der Waals surface area (Å²) in [6.07, 6.45) is -3.54. The molecule has 0 saturated carbocycles. The van der Waals surface area contributed by atoms with Gasteiger partial charge in [0, 0.05) is 11.6 Å². The van der Waals surface area contributed by atoms with Gasteiger partial charge < -0.3 is 5.32 Å². The van der Waals surface area contributed by atoms with Crippen LogP contribution in [-0.2, 0) is 4.79 Å². The molecular weight excluding hydrogens is 269 g/mol. The van der Waals surface area contributed by atoms with E-state index in [1.165, 1.54) is 18.3 Å². The van der Waals surface area contributed by atoms with Crippen LogP contribution in [0, 0.1) is 0 Å². The zero-order valence-electron chi connectivity index (χ0n) is 8.75. The molecule has 2 rings (SSSR count). The van der Waals surface area contributed by atoms with Crippen LogP contribution in [0.2, 0.25) is 5.02 Å². The van der Waals surface area contributed by atoms with Crippen LogP contribution in [-0.4, -0.2) is 17.1 Å². The van der Waals surface area contributed by atoms with Gasteiger partial charge in [0.05, 0.1) is 16.2 Å². The molecule has 1 heterocycles. The van der Waals surface area contributed by atoms with E-state index in [1.807, 2.05) is 0 Å². The second-order valence-electron chi connectivity index (χ2n) is 3.45. The lowest BCUT2D eigenvalue weighted by molar-refractivity contribution is -0.167. The molecule has 0 unspecified atom stereocenters. The van der Waals surface area contributed by atoms with Gasteiger partial charge in [-0.2, -0.15) is 13.2 Å². The fourth-order valence-corrected chi connectivity index (χ4v) is 1.65. The largest absolute Gasteiger partial charge is 0.471 e. The zero-order valence-corrected chi connectivity index (χ0v) is 9.51. The van der Waals surface area contributed by atoms with Gasteiger partial charge in [-0.15, -0.1) is 0 Å². The van der Waals surface area contributed by atoms with Crippen LogP contribution in [0.4, 0.5) is 18.9 Å². The Kier molecular flexibility index (Phi) is 3.13. The van der Waals surface area contributed by atoms with Crippen molar-refractivity contribution in [1.29, 1.82) is 0 Å². The van der Waals surface area contributed by atoms with Gasteiger partial charge in [0.25, 0.3) is 0 Å². The second kappa shape index (κ2) is 4.45. The number of benzene rings is 1. The van der Waals surface area contributed by atoms with Crippen LogP contribution in [0.1, 0.15) is 0 Å². The topological polar surface area (TPSA) is 42.0 Å². The summed E-state index contributed by atoms with van der Waals surface area (Å²) < 4.78 is 36.5. The van der Waals surface area contributed by atoms with E-state index in [0.29, 0.717) is 10.4 Å². The first-order valence-electron chi connectivity index (χ1n) is 4.81. The lowest BCUT2D eigenvalue weighted by atomic mass is 10.2. The number of nitrogens with zero attached hydrogens (tertiary/aromatic N) is 1. The van der Waals surface area contributed by atoms with Crippen molar-refractivity contribution < 1.29 is 18.0 Å². The van der Waals surface area contributed by atoms with Crippen molar-refractivity contribution in [1.82, 2.24) is 4.98 Å². The molecule has 0 radical (unpaired) electrons. The number of alkyl halides is 3. The van der Waals surface area contributed by atoms with Crippen LogP contribution in [0.5, 0.6) is 0 Å². The predicted octanol–water partition coefficient (Wildman–Crippen LogP) is 3.39. The van der Waals surface area contributed by atoms with Crippen molar-refractivity contribution in [2.75, 3.05) is 5.32 Å². The predicted molar refractivity (Wildman–Crippen MR) is 61.4 cm³/mol. The van der Waals surface area contributed by atoms with Crippen LogP contribution in [0.25, 0.3) is 10.9 Å². The monoisotopic (exact) mass is 274 g/mol. The lowest BCUT2D eigenvalue weighted by Gasteiger charge is -2.10. The highest BCUT2D eigenvalue weighted by Gasteiger charge is 2.38. The molecule has 0 aliphatic carbocycles. The van der Waals surface area contributed by atoms with E-state index in [4.69, 9.17) is 11.6 Å². The Morgan fingerprint density at radius 3 is 2.67 bits per heavy atom. The average molecular weight is 275 g/mol. The molecule has 1 aromatic heterocycles. The molecule has 1 aromatic carbocycles. The van der Waals surface area contributed by atoms with Crippen LogP contribution < -0.4 is 5.32 Å². The van der Waals surface area contributed by atoms with Gasteiger partial charge in [0.1, 0.15) is 0 Å². The van der Waals surface area contributed by atoms with Crippen LogP contribution >= 0.6 is 11.6 Å². The third kappa shape index (κ3) is 2.38. The quantitative estimate of drug-likeness (QED) is 0.866. The number of amides is 1. The molecule has 0 aliphatic heterocycles. The number of anilines is 1. The number of nitrogens with one attached hydrogen (secondary N) is 1. The number of hydrogen-bond donors (Lipinski definition) is 1. The van der Waals surface area contributed by atoms with Crippen molar-refractivity contribution in [3.05, 3.63) is 35.5 Å². The summed E-state index contributed by atoms with van der Waals surface area (Å²) in [6.45, 7) is 0. The molecule has 94 valence electrons. The highest BCUT2D eigenvalue weighted by atomic mass is 35.5. The Morgan fingerprint density at radius 2 is 2.00 bits per heavy atom. The SMILES string of the molecule is O=C(Nc1ccc(Cl)c2cccnc12)C(F)(F)F. The Morgan fingerprint density at radius 1 is 1.28 bits per heavy atom. The molecule has 0 atom stereocenters. The number of carbonyl (C=O) groups is 1. The number of rotatable bonds is 1. The summed E-state index contributed by atoms with van der Waals surface area (Å²) in [5.41, 5.74) is 0.180. The molecule has 18 heavy (non-hydrogen) atoms. The Hall–Kier alpha value is -1.82. The summed E-state index contributed by atoms with van der Waals surface area (Å²) in [6, 6.07) is 5.89. The van der Waals surface area contributed by atoms with Crippen LogP contribution in [0.15, 0.2) is 30.5 Å². The molecule has 2 aromatic rings. The summed E-state index contributed by atoms with van der Waals surface area (Å²) >= 11 is 5.88. The first kappa shape index (κ1) is 12.6. The number of fused-ring (bicyclic) bond motifs is 1. The van der Waals surface area contributed by atoms with E-state index in [1.54, 1.807) is 17.4 Å². The Labute approximate surface area is 105 Å². The minimum absolute atomic E-state index is 0.0303. The molecule has 0 saturated heterocycles. The Bertz CT molecular complexity index is 613. The molecular formula is C11H6ClF3N2O. The van der Waals surface area contributed by atoms with E-state index < -0.39 is 12.1 Å². The number of carbonyl (C=O) groups excluding carboxylic acids is 1. The minimum Gasteiger partial charge on any atom is -0.316 e. The van der Waals surface area contributed by atoms with E-state index >= 15 is 0 Å². The first-order chi connectivity index (χ1) is 8.39. The average Bonchev–Trinajstić information content (AvgIpc) is 2.32. The van der Waals surface area contributed by atoms with Crippen molar-refractivity contribution in [3.63, 3.8) is 0 Å². The van der Waals surface area contributed by atoms with Crippen molar-refractivity contribution in [3.8, 4) is 0 Å². The summed E-state index contributed by atoms with van der Waals surface area (Å²) in [7, 11) is 0. The van der Waals surface area contributed by atoms with Crippen molar-refractivity contribution >= 4 is 34.1 Å². The normalized spacial score (nSPS) is 11.6. The van der Waals surface area contributed by atoms with E-state index in [-0.39, 0.29) is 11.2 Å². The van der Waals surface area contributed by atoms with Crippen LogP contribution in [0.3, 0.4) is 0 Å². The van der Waals surface area contributed by atoms with E-state index in [2.05, 4.69) is 4.98 Å². The van der Waals surface area contributed by atoms with E-state index in [9.17, 15) is 18.0 Å². The number of halogens is 4. The fraction of sp³-hybridized carbons (Fsp3) is 0.0909. The van der Waals surface area contributed by atoms with Gasteiger partial charge in [-0.1, -0.05) is 11.6 Å². The third-order valence-corrected chi connectivity index (χ3v) is 2.55. The minimum atomic E-state index is -4.94. The summed E-state index contributed by atoms with van der Waals surface area (Å²) in [5.74, 6) is -2.04. The molecule has 1 amide bonds. The molecule has 0 bridgehead atoms. The van der Waals surface area contributed by atoms with Crippen molar-refractivity contribution in [2.45, 2.75) is 6.18 Å². The van der Waals surface area contributed by atoms with Gasteiger partial charge in [0.2, 0.25) is 0 Å². The van der Waals surface area contributed by atoms with Gasteiger partial charge >= 0.3 is 12.1 Å². The number of aromatic nitrogens is 1. The van der Waals surface area contributed by atoms with Gasteiger partial charge in [0.15, 0.2) is 0 Å². The number of hydrogen-bond acceptors (Lipinski definition) is 2. The standard InChI is InChI=1S/C11H6ClF3N2O/c12-7-3-4-8(17-10(18)11(13,14)15)9-6(7)2-1-5-16-9/h1-5H,(H,17,18). The maximum atomic E-state index is 12.2. The molecule has 0 aliphatic rings. The van der Waals surface area contributed by atoms with Gasteiger partial charge in [-0.05, 0) is 24.3 Å². The maximum absolute atomic E-state index is 12.2.